The van der Waals surface area contributed by atoms with Crippen LogP contribution >= 0.6 is 0 Å². The van der Waals surface area contributed by atoms with Gasteiger partial charge in [0.15, 0.2) is 0 Å². The quantitative estimate of drug-likeness (QED) is 0.707. The maximum absolute atomic E-state index is 11.7. The molecule has 4 nitrogen and oxygen atoms in total. The minimum atomic E-state index is -3.17. The average Bonchev–Trinajstić information content (AvgIpc) is 2.16. The Hall–Kier alpha value is -0.390. The first kappa shape index (κ1) is 11.7. The van der Waals surface area contributed by atoms with Gasteiger partial charge in [-0.05, 0) is 19.8 Å². The molecule has 0 aromatic rings. The van der Waals surface area contributed by atoms with Crippen molar-refractivity contribution in [1.29, 1.82) is 0 Å². The monoisotopic (exact) mass is 219 g/mol. The van der Waals surface area contributed by atoms with Crippen LogP contribution in [0.5, 0.6) is 0 Å². The zero-order valence-electron chi connectivity index (χ0n) is 8.45. The van der Waals surface area contributed by atoms with Crippen LogP contribution in [0.4, 0.5) is 0 Å². The van der Waals surface area contributed by atoms with Crippen molar-refractivity contribution in [1.82, 2.24) is 4.72 Å². The van der Waals surface area contributed by atoms with Crippen molar-refractivity contribution in [2.24, 2.45) is 0 Å². The molecule has 1 heterocycles. The smallest absolute Gasteiger partial charge is 0.214 e. The summed E-state index contributed by atoms with van der Waals surface area (Å²) in [6.45, 7) is 6.86. The lowest BCUT2D eigenvalue weighted by atomic mass is 10.2. The molecule has 0 amide bonds. The highest BCUT2D eigenvalue weighted by Gasteiger charge is 2.26. The Morgan fingerprint density at radius 1 is 1.50 bits per heavy atom. The van der Waals surface area contributed by atoms with Gasteiger partial charge in [-0.3, -0.25) is 0 Å². The fraction of sp³-hybridized carbons (Fsp3) is 0.778. The summed E-state index contributed by atoms with van der Waals surface area (Å²) in [6, 6.07) is 0. The van der Waals surface area contributed by atoms with Gasteiger partial charge < -0.3 is 4.74 Å². The molecule has 0 aromatic heterocycles. The van der Waals surface area contributed by atoms with Crippen LogP contribution in [0.3, 0.4) is 0 Å². The lowest BCUT2D eigenvalue weighted by Crippen LogP contribution is -2.38. The molecule has 5 heteroatoms. The first-order chi connectivity index (χ1) is 6.52. The average molecular weight is 219 g/mol. The van der Waals surface area contributed by atoms with Crippen molar-refractivity contribution >= 4 is 10.0 Å². The van der Waals surface area contributed by atoms with E-state index in [2.05, 4.69) is 11.3 Å². The van der Waals surface area contributed by atoms with E-state index >= 15 is 0 Å². The molecule has 0 aliphatic carbocycles. The highest BCUT2D eigenvalue weighted by atomic mass is 32.2. The van der Waals surface area contributed by atoms with Gasteiger partial charge in [0.05, 0.1) is 5.25 Å². The second kappa shape index (κ2) is 4.91. The number of nitrogens with one attached hydrogen (secondary N) is 1. The van der Waals surface area contributed by atoms with E-state index in [1.54, 1.807) is 6.92 Å². The highest BCUT2D eigenvalue weighted by molar-refractivity contribution is 7.90. The molecule has 0 spiro atoms. The van der Waals surface area contributed by atoms with E-state index in [-0.39, 0.29) is 5.25 Å². The third-order valence-corrected chi connectivity index (χ3v) is 4.08. The Kier molecular flexibility index (Phi) is 4.10. The molecule has 82 valence electrons. The zero-order valence-corrected chi connectivity index (χ0v) is 9.27. The van der Waals surface area contributed by atoms with E-state index in [0.29, 0.717) is 32.6 Å². The second-order valence-electron chi connectivity index (χ2n) is 3.63. The van der Waals surface area contributed by atoms with E-state index < -0.39 is 10.0 Å². The molecule has 0 radical (unpaired) electrons. The second-order valence-corrected chi connectivity index (χ2v) is 5.68. The molecule has 0 bridgehead atoms. The van der Waals surface area contributed by atoms with Crippen LogP contribution in [0.2, 0.25) is 0 Å². The predicted molar refractivity (Wildman–Crippen MR) is 55.6 cm³/mol. The van der Waals surface area contributed by atoms with Crippen molar-refractivity contribution in [3.05, 3.63) is 12.2 Å². The van der Waals surface area contributed by atoms with E-state index in [4.69, 9.17) is 4.74 Å². The van der Waals surface area contributed by atoms with Crippen molar-refractivity contribution in [3.8, 4) is 0 Å². The maximum Gasteiger partial charge on any atom is 0.214 e. The van der Waals surface area contributed by atoms with E-state index in [1.165, 1.54) is 0 Å². The standard InChI is InChI=1S/C9H17NO3S/c1-8(2)7-10-14(11,12)9-3-5-13-6-4-9/h9-10H,1,3-7H2,2H3. The molecule has 1 N–H and O–H groups in total. The third kappa shape index (κ3) is 3.40. The number of rotatable bonds is 4. The molecule has 1 rings (SSSR count). The molecule has 0 saturated carbocycles. The first-order valence-corrected chi connectivity index (χ1v) is 6.27. The zero-order chi connectivity index (χ0) is 10.6. The fourth-order valence-electron chi connectivity index (χ4n) is 1.33. The van der Waals surface area contributed by atoms with Gasteiger partial charge in [-0.1, -0.05) is 12.2 Å². The Labute approximate surface area is 85.4 Å². The van der Waals surface area contributed by atoms with Crippen LogP contribution in [-0.2, 0) is 14.8 Å². The summed E-state index contributed by atoms with van der Waals surface area (Å²) in [5.74, 6) is 0. The number of hydrogen-bond acceptors (Lipinski definition) is 3. The van der Waals surface area contributed by atoms with Crippen molar-refractivity contribution < 1.29 is 13.2 Å². The van der Waals surface area contributed by atoms with E-state index in [1.807, 2.05) is 0 Å². The van der Waals surface area contributed by atoms with Crippen LogP contribution in [-0.4, -0.2) is 33.4 Å². The van der Waals surface area contributed by atoms with Crippen molar-refractivity contribution in [3.63, 3.8) is 0 Å². The summed E-state index contributed by atoms with van der Waals surface area (Å²) in [7, 11) is -3.17. The Morgan fingerprint density at radius 3 is 2.57 bits per heavy atom. The predicted octanol–water partition coefficient (Wildman–Crippen LogP) is 0.661. The minimum absolute atomic E-state index is 0.296. The van der Waals surface area contributed by atoms with Gasteiger partial charge >= 0.3 is 0 Å². The SMILES string of the molecule is C=C(C)CNS(=O)(=O)C1CCOCC1. The van der Waals surface area contributed by atoms with Gasteiger partial charge in [-0.25, -0.2) is 13.1 Å². The van der Waals surface area contributed by atoms with E-state index in [0.717, 1.165) is 5.57 Å². The molecule has 0 unspecified atom stereocenters. The summed E-state index contributed by atoms with van der Waals surface area (Å²) in [5, 5.41) is -0.296. The highest BCUT2D eigenvalue weighted by Crippen LogP contribution is 2.14. The maximum atomic E-state index is 11.7. The van der Waals surface area contributed by atoms with Crippen LogP contribution in [0.15, 0.2) is 12.2 Å². The Morgan fingerprint density at radius 2 is 2.07 bits per heavy atom. The molecule has 1 saturated heterocycles. The molecule has 14 heavy (non-hydrogen) atoms. The normalized spacial score (nSPS) is 19.5. The summed E-state index contributed by atoms with van der Waals surface area (Å²) in [6.07, 6.45) is 1.18. The lowest BCUT2D eigenvalue weighted by molar-refractivity contribution is 0.0981. The van der Waals surface area contributed by atoms with Crippen molar-refractivity contribution in [2.45, 2.75) is 25.0 Å². The summed E-state index contributed by atoms with van der Waals surface area (Å²) >= 11 is 0. The molecule has 0 aromatic carbocycles. The first-order valence-electron chi connectivity index (χ1n) is 4.73. The van der Waals surface area contributed by atoms with Gasteiger partial charge in [-0.15, -0.1) is 0 Å². The van der Waals surface area contributed by atoms with Crippen LogP contribution in [0.1, 0.15) is 19.8 Å². The van der Waals surface area contributed by atoms with Crippen LogP contribution < -0.4 is 4.72 Å². The molecular weight excluding hydrogens is 202 g/mol. The molecule has 1 aliphatic heterocycles. The van der Waals surface area contributed by atoms with Crippen LogP contribution in [0.25, 0.3) is 0 Å². The largest absolute Gasteiger partial charge is 0.381 e. The minimum Gasteiger partial charge on any atom is -0.381 e. The van der Waals surface area contributed by atoms with Gasteiger partial charge in [0.2, 0.25) is 10.0 Å². The number of hydrogen-bond donors (Lipinski definition) is 1. The topological polar surface area (TPSA) is 55.4 Å². The van der Waals surface area contributed by atoms with Gasteiger partial charge in [0.1, 0.15) is 0 Å². The fourth-order valence-corrected chi connectivity index (χ4v) is 2.82. The number of sulfonamides is 1. The third-order valence-electron chi connectivity index (χ3n) is 2.18. The summed E-state index contributed by atoms with van der Waals surface area (Å²) < 4.78 is 31.0. The lowest BCUT2D eigenvalue weighted by Gasteiger charge is -2.22. The molecule has 1 fully saturated rings. The summed E-state index contributed by atoms with van der Waals surface area (Å²) in [4.78, 5) is 0. The van der Waals surface area contributed by atoms with Gasteiger partial charge in [0, 0.05) is 19.8 Å². The van der Waals surface area contributed by atoms with Gasteiger partial charge in [0.25, 0.3) is 0 Å². The Balaban J connectivity index is 2.50. The van der Waals surface area contributed by atoms with Gasteiger partial charge in [-0.2, -0.15) is 0 Å². The Bertz CT molecular complexity index is 291. The molecular formula is C9H17NO3S. The molecule has 0 atom stereocenters. The van der Waals surface area contributed by atoms with Crippen molar-refractivity contribution in [2.75, 3.05) is 19.8 Å². The summed E-state index contributed by atoms with van der Waals surface area (Å²) in [5.41, 5.74) is 0.820. The number of ether oxygens (including phenoxy) is 1. The molecule has 1 aliphatic rings. The van der Waals surface area contributed by atoms with Crippen LogP contribution in [0, 0.1) is 0 Å². The van der Waals surface area contributed by atoms with E-state index in [9.17, 15) is 8.42 Å².